The summed E-state index contributed by atoms with van der Waals surface area (Å²) in [6.45, 7) is 6.80. The van der Waals surface area contributed by atoms with Crippen molar-refractivity contribution in [3.8, 4) is 11.6 Å². The number of anilines is 1. The minimum absolute atomic E-state index is 0.563. The zero-order valence-corrected chi connectivity index (χ0v) is 13.4. The smallest absolute Gasteiger partial charge is 0.227 e. The van der Waals surface area contributed by atoms with Gasteiger partial charge in [0.25, 0.3) is 0 Å². The summed E-state index contributed by atoms with van der Waals surface area (Å²) in [6, 6.07) is 1.85. The first kappa shape index (κ1) is 14.7. The Morgan fingerprint density at radius 2 is 2.05 bits per heavy atom. The minimum Gasteiger partial charge on any atom is -0.437 e. The van der Waals surface area contributed by atoms with Gasteiger partial charge >= 0.3 is 0 Å². The van der Waals surface area contributed by atoms with E-state index in [1.807, 2.05) is 26.8 Å². The van der Waals surface area contributed by atoms with Crippen LogP contribution in [-0.4, -0.2) is 21.5 Å². The van der Waals surface area contributed by atoms with Gasteiger partial charge in [0, 0.05) is 23.6 Å². The highest BCUT2D eigenvalue weighted by atomic mass is 79.9. The molecule has 106 valence electrons. The Morgan fingerprint density at radius 1 is 1.25 bits per heavy atom. The van der Waals surface area contributed by atoms with Crippen molar-refractivity contribution in [2.75, 3.05) is 11.9 Å². The van der Waals surface area contributed by atoms with E-state index in [0.29, 0.717) is 11.6 Å². The number of aryl methyl sites for hydroxylation is 1. The Kier molecular flexibility index (Phi) is 4.89. The van der Waals surface area contributed by atoms with Crippen LogP contribution in [-0.2, 0) is 6.42 Å². The largest absolute Gasteiger partial charge is 0.437 e. The number of rotatable bonds is 5. The standard InChI is InChI=1S/C14H17BrN4O/c1-4-12-18-13(17-5-2)9(3)14(19-12)20-11-6-10(15)7-16-8-11/h6-8H,4-5H2,1-3H3,(H,17,18,19). The molecule has 0 spiro atoms. The van der Waals surface area contributed by atoms with E-state index in [9.17, 15) is 0 Å². The summed E-state index contributed by atoms with van der Waals surface area (Å²) in [6.07, 6.45) is 4.12. The molecule has 2 rings (SSSR count). The number of hydrogen-bond donors (Lipinski definition) is 1. The average molecular weight is 337 g/mol. The summed E-state index contributed by atoms with van der Waals surface area (Å²) in [5.41, 5.74) is 0.893. The summed E-state index contributed by atoms with van der Waals surface area (Å²) in [5, 5.41) is 3.23. The van der Waals surface area contributed by atoms with Gasteiger partial charge in [0.05, 0.1) is 11.8 Å². The summed E-state index contributed by atoms with van der Waals surface area (Å²) >= 11 is 3.37. The van der Waals surface area contributed by atoms with Gasteiger partial charge in [0.2, 0.25) is 5.88 Å². The third-order valence-corrected chi connectivity index (χ3v) is 3.14. The number of halogens is 1. The average Bonchev–Trinajstić information content (AvgIpc) is 2.43. The zero-order valence-electron chi connectivity index (χ0n) is 11.8. The van der Waals surface area contributed by atoms with Crippen LogP contribution in [0.15, 0.2) is 22.9 Å². The lowest BCUT2D eigenvalue weighted by atomic mass is 10.3. The highest BCUT2D eigenvalue weighted by molar-refractivity contribution is 9.10. The van der Waals surface area contributed by atoms with Crippen LogP contribution in [0.4, 0.5) is 5.82 Å². The summed E-state index contributed by atoms with van der Waals surface area (Å²) in [4.78, 5) is 13.0. The van der Waals surface area contributed by atoms with E-state index >= 15 is 0 Å². The van der Waals surface area contributed by atoms with E-state index in [4.69, 9.17) is 4.74 Å². The molecule has 0 atom stereocenters. The number of aromatic nitrogens is 3. The van der Waals surface area contributed by atoms with E-state index in [0.717, 1.165) is 34.6 Å². The van der Waals surface area contributed by atoms with E-state index in [-0.39, 0.29) is 0 Å². The molecule has 2 aromatic heterocycles. The Bertz CT molecular complexity index is 604. The van der Waals surface area contributed by atoms with E-state index in [1.165, 1.54) is 0 Å². The molecule has 6 heteroatoms. The van der Waals surface area contributed by atoms with Crippen LogP contribution in [0.5, 0.6) is 11.6 Å². The molecule has 0 fully saturated rings. The molecule has 2 aromatic rings. The predicted octanol–water partition coefficient (Wildman–Crippen LogP) is 3.73. The molecule has 0 aliphatic carbocycles. The Labute approximate surface area is 127 Å². The molecule has 0 saturated carbocycles. The van der Waals surface area contributed by atoms with Crippen LogP contribution in [0, 0.1) is 6.92 Å². The number of hydrogen-bond acceptors (Lipinski definition) is 5. The summed E-state index contributed by atoms with van der Waals surface area (Å²) in [7, 11) is 0. The fraction of sp³-hybridized carbons (Fsp3) is 0.357. The number of nitrogens with zero attached hydrogens (tertiary/aromatic N) is 3. The molecule has 0 aromatic carbocycles. The lowest BCUT2D eigenvalue weighted by Crippen LogP contribution is -2.07. The molecule has 5 nitrogen and oxygen atoms in total. The van der Waals surface area contributed by atoms with Crippen LogP contribution in [0.3, 0.4) is 0 Å². The first-order chi connectivity index (χ1) is 9.63. The van der Waals surface area contributed by atoms with Crippen molar-refractivity contribution in [1.82, 2.24) is 15.0 Å². The maximum Gasteiger partial charge on any atom is 0.227 e. The molecule has 0 amide bonds. The van der Waals surface area contributed by atoms with Gasteiger partial charge in [-0.3, -0.25) is 4.98 Å². The fourth-order valence-electron chi connectivity index (χ4n) is 1.70. The van der Waals surface area contributed by atoms with Gasteiger partial charge in [-0.15, -0.1) is 0 Å². The van der Waals surface area contributed by atoms with Crippen molar-refractivity contribution in [3.05, 3.63) is 34.3 Å². The van der Waals surface area contributed by atoms with Gasteiger partial charge in [-0.05, 0) is 35.8 Å². The number of nitrogens with one attached hydrogen (secondary N) is 1. The van der Waals surface area contributed by atoms with Crippen molar-refractivity contribution in [2.24, 2.45) is 0 Å². The number of pyridine rings is 1. The van der Waals surface area contributed by atoms with Crippen molar-refractivity contribution in [2.45, 2.75) is 27.2 Å². The van der Waals surface area contributed by atoms with Crippen LogP contribution < -0.4 is 10.1 Å². The van der Waals surface area contributed by atoms with Gasteiger partial charge in [-0.25, -0.2) is 4.98 Å². The molecule has 0 unspecified atom stereocenters. The third kappa shape index (κ3) is 3.45. The molecule has 2 heterocycles. The molecular weight excluding hydrogens is 320 g/mol. The van der Waals surface area contributed by atoms with Crippen molar-refractivity contribution < 1.29 is 4.74 Å². The van der Waals surface area contributed by atoms with E-state index < -0.39 is 0 Å². The summed E-state index contributed by atoms with van der Waals surface area (Å²) in [5.74, 6) is 2.78. The maximum absolute atomic E-state index is 5.84. The molecule has 0 aliphatic rings. The molecular formula is C14H17BrN4O. The second-order valence-electron chi connectivity index (χ2n) is 4.24. The SMILES string of the molecule is CCNc1nc(CC)nc(Oc2cncc(Br)c2)c1C. The normalized spacial score (nSPS) is 10.4. The molecule has 1 N–H and O–H groups in total. The summed E-state index contributed by atoms with van der Waals surface area (Å²) < 4.78 is 6.70. The zero-order chi connectivity index (χ0) is 14.5. The lowest BCUT2D eigenvalue weighted by Gasteiger charge is -2.13. The highest BCUT2D eigenvalue weighted by Gasteiger charge is 2.12. The Morgan fingerprint density at radius 3 is 2.70 bits per heavy atom. The lowest BCUT2D eigenvalue weighted by molar-refractivity contribution is 0.452. The third-order valence-electron chi connectivity index (χ3n) is 2.70. The second-order valence-corrected chi connectivity index (χ2v) is 5.16. The van der Waals surface area contributed by atoms with E-state index in [1.54, 1.807) is 12.4 Å². The first-order valence-corrected chi connectivity index (χ1v) is 7.33. The molecule has 0 aliphatic heterocycles. The van der Waals surface area contributed by atoms with Crippen LogP contribution in [0.1, 0.15) is 25.2 Å². The molecule has 0 saturated heterocycles. The minimum atomic E-state index is 0.563. The quantitative estimate of drug-likeness (QED) is 0.901. The highest BCUT2D eigenvalue weighted by Crippen LogP contribution is 2.28. The molecule has 0 radical (unpaired) electrons. The van der Waals surface area contributed by atoms with E-state index in [2.05, 4.69) is 36.2 Å². The van der Waals surface area contributed by atoms with Crippen LogP contribution in [0.25, 0.3) is 0 Å². The Hall–Kier alpha value is -1.69. The first-order valence-electron chi connectivity index (χ1n) is 6.53. The van der Waals surface area contributed by atoms with Gasteiger partial charge in [-0.2, -0.15) is 4.98 Å². The van der Waals surface area contributed by atoms with Crippen molar-refractivity contribution >= 4 is 21.7 Å². The van der Waals surface area contributed by atoms with Crippen LogP contribution >= 0.6 is 15.9 Å². The van der Waals surface area contributed by atoms with Gasteiger partial charge in [-0.1, -0.05) is 6.92 Å². The second kappa shape index (κ2) is 6.65. The fourth-order valence-corrected chi connectivity index (χ4v) is 2.04. The molecule has 0 bridgehead atoms. The number of ether oxygens (including phenoxy) is 1. The topological polar surface area (TPSA) is 59.9 Å². The van der Waals surface area contributed by atoms with Crippen molar-refractivity contribution in [3.63, 3.8) is 0 Å². The predicted molar refractivity (Wildman–Crippen MR) is 82.3 cm³/mol. The van der Waals surface area contributed by atoms with Gasteiger partial charge < -0.3 is 10.1 Å². The monoisotopic (exact) mass is 336 g/mol. The van der Waals surface area contributed by atoms with Crippen LogP contribution in [0.2, 0.25) is 0 Å². The molecule has 20 heavy (non-hydrogen) atoms. The maximum atomic E-state index is 5.84. The van der Waals surface area contributed by atoms with Gasteiger partial charge in [0.15, 0.2) is 0 Å². The van der Waals surface area contributed by atoms with Crippen molar-refractivity contribution in [1.29, 1.82) is 0 Å². The van der Waals surface area contributed by atoms with Gasteiger partial charge in [0.1, 0.15) is 17.4 Å². The Balaban J connectivity index is 2.37.